The van der Waals surface area contributed by atoms with E-state index in [-0.39, 0.29) is 29.9 Å². The van der Waals surface area contributed by atoms with Gasteiger partial charge in [0.25, 0.3) is 0 Å². The summed E-state index contributed by atoms with van der Waals surface area (Å²) in [5.41, 5.74) is 2.87. The molecule has 0 saturated carbocycles. The van der Waals surface area contributed by atoms with Gasteiger partial charge in [-0.2, -0.15) is 0 Å². The van der Waals surface area contributed by atoms with Crippen LogP contribution in [0.1, 0.15) is 42.9 Å². The fourth-order valence-electron chi connectivity index (χ4n) is 4.28. The Labute approximate surface area is 203 Å². The molecular weight excluding hydrogens is 505 g/mol. The van der Waals surface area contributed by atoms with Gasteiger partial charge in [0.2, 0.25) is 5.91 Å². The Kier molecular flexibility index (Phi) is 10.3. The third-order valence-corrected chi connectivity index (χ3v) is 6.04. The maximum absolute atomic E-state index is 12.5. The standard InChI is InChI=1S/C23H37N5O2.HI/c1-4-24-23(25-16-20-14-18(2)22(30)19(3)15-20)28-12-10-26(11-13-28)17-21(29)27-8-6-5-7-9-27;/h14-15,30H,4-13,16-17H2,1-3H3,(H,24,25);1H. The average molecular weight is 543 g/mol. The Morgan fingerprint density at radius 2 is 1.61 bits per heavy atom. The van der Waals surface area contributed by atoms with Crippen LogP contribution in [0.25, 0.3) is 0 Å². The number of aryl methyl sites for hydroxylation is 2. The van der Waals surface area contributed by atoms with E-state index in [2.05, 4.69) is 22.0 Å². The van der Waals surface area contributed by atoms with Crippen LogP contribution in [0.3, 0.4) is 0 Å². The van der Waals surface area contributed by atoms with Gasteiger partial charge >= 0.3 is 0 Å². The van der Waals surface area contributed by atoms with E-state index in [0.29, 0.717) is 18.8 Å². The number of hydrogen-bond donors (Lipinski definition) is 2. The molecule has 7 nitrogen and oxygen atoms in total. The lowest BCUT2D eigenvalue weighted by molar-refractivity contribution is -0.133. The van der Waals surface area contributed by atoms with Crippen LogP contribution in [-0.4, -0.2) is 84.0 Å². The van der Waals surface area contributed by atoms with Crippen LogP contribution in [0, 0.1) is 13.8 Å². The van der Waals surface area contributed by atoms with Crippen molar-refractivity contribution >= 4 is 35.8 Å². The van der Waals surface area contributed by atoms with E-state index in [0.717, 1.165) is 81.3 Å². The van der Waals surface area contributed by atoms with Gasteiger partial charge in [0, 0.05) is 45.8 Å². The van der Waals surface area contributed by atoms with E-state index in [4.69, 9.17) is 4.99 Å². The molecule has 174 valence electrons. The summed E-state index contributed by atoms with van der Waals surface area (Å²) in [4.78, 5) is 24.0. The lowest BCUT2D eigenvalue weighted by atomic mass is 10.1. The largest absolute Gasteiger partial charge is 0.507 e. The van der Waals surface area contributed by atoms with E-state index in [1.54, 1.807) is 0 Å². The van der Waals surface area contributed by atoms with Gasteiger partial charge in [-0.1, -0.05) is 12.1 Å². The minimum Gasteiger partial charge on any atom is -0.507 e. The Morgan fingerprint density at radius 1 is 1.00 bits per heavy atom. The monoisotopic (exact) mass is 543 g/mol. The number of rotatable bonds is 5. The fraction of sp³-hybridized carbons (Fsp3) is 0.652. The first-order valence-electron chi connectivity index (χ1n) is 11.3. The lowest BCUT2D eigenvalue weighted by Gasteiger charge is -2.37. The Morgan fingerprint density at radius 3 is 2.19 bits per heavy atom. The summed E-state index contributed by atoms with van der Waals surface area (Å²) in [6, 6.07) is 4.00. The number of likely N-dealkylation sites (tertiary alicyclic amines) is 1. The summed E-state index contributed by atoms with van der Waals surface area (Å²) in [6.45, 7) is 13.2. The quantitative estimate of drug-likeness (QED) is 0.340. The van der Waals surface area contributed by atoms with E-state index >= 15 is 0 Å². The number of guanidine groups is 1. The number of aliphatic imine (C=N–C) groups is 1. The SMILES string of the molecule is CCNC(=NCc1cc(C)c(O)c(C)c1)N1CCN(CC(=O)N2CCCCC2)CC1.I. The summed E-state index contributed by atoms with van der Waals surface area (Å²) in [7, 11) is 0. The second-order valence-corrected chi connectivity index (χ2v) is 8.45. The summed E-state index contributed by atoms with van der Waals surface area (Å²) in [5.74, 6) is 1.56. The van der Waals surface area contributed by atoms with Crippen molar-refractivity contribution in [2.24, 2.45) is 4.99 Å². The number of hydrogen-bond acceptors (Lipinski definition) is 4. The van der Waals surface area contributed by atoms with Crippen molar-refractivity contribution in [1.82, 2.24) is 20.0 Å². The van der Waals surface area contributed by atoms with E-state index in [1.807, 2.05) is 30.9 Å². The molecule has 2 heterocycles. The van der Waals surface area contributed by atoms with Crippen LogP contribution < -0.4 is 5.32 Å². The van der Waals surface area contributed by atoms with Crippen molar-refractivity contribution in [1.29, 1.82) is 0 Å². The molecule has 1 aromatic rings. The number of phenolic OH excluding ortho intramolecular Hbond substituents is 1. The van der Waals surface area contributed by atoms with Crippen LogP contribution in [0.2, 0.25) is 0 Å². The summed E-state index contributed by atoms with van der Waals surface area (Å²) in [6.07, 6.45) is 3.53. The van der Waals surface area contributed by atoms with Crippen molar-refractivity contribution < 1.29 is 9.90 Å². The highest BCUT2D eigenvalue weighted by Gasteiger charge is 2.24. The van der Waals surface area contributed by atoms with Gasteiger partial charge < -0.3 is 20.2 Å². The summed E-state index contributed by atoms with van der Waals surface area (Å²) < 4.78 is 0. The van der Waals surface area contributed by atoms with Gasteiger partial charge in [0.1, 0.15) is 5.75 Å². The normalized spacial score (nSPS) is 18.0. The number of piperidine rings is 1. The van der Waals surface area contributed by atoms with Gasteiger partial charge in [0.15, 0.2) is 5.96 Å². The van der Waals surface area contributed by atoms with Gasteiger partial charge in [-0.15, -0.1) is 24.0 Å². The van der Waals surface area contributed by atoms with Crippen LogP contribution in [0.5, 0.6) is 5.75 Å². The number of amides is 1. The second kappa shape index (κ2) is 12.5. The number of benzene rings is 1. The van der Waals surface area contributed by atoms with Crippen LogP contribution >= 0.6 is 24.0 Å². The van der Waals surface area contributed by atoms with Crippen molar-refractivity contribution in [2.75, 3.05) is 52.4 Å². The molecule has 0 atom stereocenters. The van der Waals surface area contributed by atoms with Crippen molar-refractivity contribution in [2.45, 2.75) is 46.6 Å². The van der Waals surface area contributed by atoms with E-state index < -0.39 is 0 Å². The second-order valence-electron chi connectivity index (χ2n) is 8.45. The summed E-state index contributed by atoms with van der Waals surface area (Å²) >= 11 is 0. The molecule has 0 radical (unpaired) electrons. The highest BCUT2D eigenvalue weighted by atomic mass is 127. The average Bonchev–Trinajstić information content (AvgIpc) is 2.76. The number of nitrogens with one attached hydrogen (secondary N) is 1. The minimum atomic E-state index is 0. The van der Waals surface area contributed by atoms with Crippen LogP contribution in [0.15, 0.2) is 17.1 Å². The zero-order valence-electron chi connectivity index (χ0n) is 19.2. The van der Waals surface area contributed by atoms with Crippen molar-refractivity contribution in [3.8, 4) is 5.75 Å². The predicted molar refractivity (Wildman–Crippen MR) is 136 cm³/mol. The zero-order chi connectivity index (χ0) is 21.5. The van der Waals surface area contributed by atoms with Crippen molar-refractivity contribution in [3.63, 3.8) is 0 Å². The first kappa shape index (κ1) is 25.7. The molecule has 2 aliphatic rings. The molecule has 1 aromatic carbocycles. The van der Waals surface area contributed by atoms with Gasteiger partial charge in [-0.25, -0.2) is 4.99 Å². The highest BCUT2D eigenvalue weighted by Crippen LogP contribution is 2.23. The number of piperazine rings is 1. The van der Waals surface area contributed by atoms with Gasteiger partial charge in [-0.3, -0.25) is 9.69 Å². The smallest absolute Gasteiger partial charge is 0.236 e. The molecule has 1 amide bonds. The molecule has 0 spiro atoms. The fourth-order valence-corrected chi connectivity index (χ4v) is 4.28. The topological polar surface area (TPSA) is 71.4 Å². The number of phenols is 1. The Hall–Kier alpha value is -1.55. The number of nitrogens with zero attached hydrogens (tertiary/aromatic N) is 4. The number of aromatic hydroxyl groups is 1. The van der Waals surface area contributed by atoms with E-state index in [9.17, 15) is 9.90 Å². The Bertz CT molecular complexity index is 733. The molecular formula is C23H38IN5O2. The third-order valence-electron chi connectivity index (χ3n) is 6.04. The number of halogens is 1. The van der Waals surface area contributed by atoms with Crippen LogP contribution in [-0.2, 0) is 11.3 Å². The molecule has 2 fully saturated rings. The molecule has 0 aromatic heterocycles. The maximum atomic E-state index is 12.5. The van der Waals surface area contributed by atoms with Gasteiger partial charge in [-0.05, 0) is 56.7 Å². The molecule has 2 N–H and O–H groups in total. The molecule has 2 aliphatic heterocycles. The molecule has 8 heteroatoms. The highest BCUT2D eigenvalue weighted by molar-refractivity contribution is 14.0. The first-order chi connectivity index (χ1) is 14.5. The molecule has 0 unspecified atom stereocenters. The minimum absolute atomic E-state index is 0. The molecule has 0 bridgehead atoms. The third kappa shape index (κ3) is 7.24. The number of carbonyl (C=O) groups excluding carboxylic acids is 1. The number of carbonyl (C=O) groups is 1. The maximum Gasteiger partial charge on any atom is 0.236 e. The molecule has 31 heavy (non-hydrogen) atoms. The predicted octanol–water partition coefficient (Wildman–Crippen LogP) is 2.72. The van der Waals surface area contributed by atoms with Gasteiger partial charge in [0.05, 0.1) is 13.1 Å². The molecule has 2 saturated heterocycles. The van der Waals surface area contributed by atoms with Crippen molar-refractivity contribution in [3.05, 3.63) is 28.8 Å². The molecule has 0 aliphatic carbocycles. The molecule has 3 rings (SSSR count). The lowest BCUT2D eigenvalue weighted by Crippen LogP contribution is -2.54. The first-order valence-corrected chi connectivity index (χ1v) is 11.3. The Balaban J connectivity index is 0.00000341. The zero-order valence-corrected chi connectivity index (χ0v) is 21.5. The van der Waals surface area contributed by atoms with E-state index in [1.165, 1.54) is 6.42 Å². The summed E-state index contributed by atoms with van der Waals surface area (Å²) in [5, 5.41) is 13.4. The van der Waals surface area contributed by atoms with Crippen LogP contribution in [0.4, 0.5) is 0 Å².